The Morgan fingerprint density at radius 2 is 1.53 bits per heavy atom. The fourth-order valence-electron chi connectivity index (χ4n) is 3.85. The molecule has 32 heavy (non-hydrogen) atoms. The average molecular weight is 431 g/mol. The number of anilines is 1. The third-order valence-corrected chi connectivity index (χ3v) is 5.60. The normalized spacial score (nSPS) is 13.6. The van der Waals surface area contributed by atoms with Gasteiger partial charge in [-0.2, -0.15) is 0 Å². The summed E-state index contributed by atoms with van der Waals surface area (Å²) in [6.07, 6.45) is 0.320. The highest BCUT2D eigenvalue weighted by Crippen LogP contribution is 2.29. The zero-order valence-corrected chi connectivity index (χ0v) is 17.7. The van der Waals surface area contributed by atoms with Crippen LogP contribution in [0.2, 0.25) is 0 Å². The molecule has 7 nitrogen and oxygen atoms in total. The molecule has 1 heterocycles. The third-order valence-electron chi connectivity index (χ3n) is 5.60. The number of hydrogen-bond donors (Lipinski definition) is 0. The van der Waals surface area contributed by atoms with Gasteiger partial charge < -0.3 is 14.5 Å². The topological polar surface area (TPSA) is 75.9 Å². The standard InChI is InChI=1S/C25H25N3O4/c29-25(14-19-32-24-9-5-4-8-23(24)20-6-2-1-3-7-20)27-17-15-26(16-18-27)21-10-12-22(13-11-21)28(30)31/h1-13H,14-19H2. The largest absolute Gasteiger partial charge is 0.492 e. The highest BCUT2D eigenvalue weighted by Gasteiger charge is 2.21. The zero-order chi connectivity index (χ0) is 22.3. The van der Waals surface area contributed by atoms with Crippen molar-refractivity contribution in [1.82, 2.24) is 4.90 Å². The predicted octanol–water partition coefficient (Wildman–Crippen LogP) is 4.38. The summed E-state index contributed by atoms with van der Waals surface area (Å²) in [6, 6.07) is 24.4. The summed E-state index contributed by atoms with van der Waals surface area (Å²) < 4.78 is 5.96. The molecule has 0 radical (unpaired) electrons. The first kappa shape index (κ1) is 21.4. The molecule has 0 atom stereocenters. The summed E-state index contributed by atoms with van der Waals surface area (Å²) in [5.41, 5.74) is 3.11. The Bertz CT molecular complexity index is 1060. The van der Waals surface area contributed by atoms with Crippen LogP contribution in [0.3, 0.4) is 0 Å². The fraction of sp³-hybridized carbons (Fsp3) is 0.240. The number of rotatable bonds is 7. The van der Waals surface area contributed by atoms with E-state index in [1.54, 1.807) is 12.1 Å². The number of para-hydroxylation sites is 1. The molecule has 1 amide bonds. The maximum atomic E-state index is 12.7. The van der Waals surface area contributed by atoms with Crippen LogP contribution in [-0.4, -0.2) is 48.5 Å². The summed E-state index contributed by atoms with van der Waals surface area (Å²) in [7, 11) is 0. The van der Waals surface area contributed by atoms with Gasteiger partial charge in [0.25, 0.3) is 5.69 Å². The first-order chi connectivity index (χ1) is 15.6. The number of carbonyl (C=O) groups is 1. The molecule has 0 bridgehead atoms. The molecule has 0 aromatic heterocycles. The highest BCUT2D eigenvalue weighted by molar-refractivity contribution is 5.77. The fourth-order valence-corrected chi connectivity index (χ4v) is 3.85. The van der Waals surface area contributed by atoms with Crippen LogP contribution in [0.4, 0.5) is 11.4 Å². The number of ether oxygens (including phenoxy) is 1. The number of piperazine rings is 1. The Morgan fingerprint density at radius 1 is 0.875 bits per heavy atom. The Kier molecular flexibility index (Phi) is 6.65. The lowest BCUT2D eigenvalue weighted by Crippen LogP contribution is -2.49. The molecule has 0 unspecified atom stereocenters. The van der Waals surface area contributed by atoms with Gasteiger partial charge in [0, 0.05) is 49.6 Å². The molecule has 1 saturated heterocycles. The summed E-state index contributed by atoms with van der Waals surface area (Å²) in [5.74, 6) is 0.847. The number of nitro groups is 1. The minimum absolute atomic E-state index is 0.0746. The van der Waals surface area contributed by atoms with Gasteiger partial charge in [-0.15, -0.1) is 0 Å². The van der Waals surface area contributed by atoms with Gasteiger partial charge >= 0.3 is 0 Å². The quantitative estimate of drug-likeness (QED) is 0.410. The van der Waals surface area contributed by atoms with Gasteiger partial charge in [0.1, 0.15) is 5.75 Å². The van der Waals surface area contributed by atoms with Crippen LogP contribution < -0.4 is 9.64 Å². The number of hydrogen-bond acceptors (Lipinski definition) is 5. The van der Waals surface area contributed by atoms with E-state index >= 15 is 0 Å². The van der Waals surface area contributed by atoms with Crippen molar-refractivity contribution in [3.05, 3.63) is 89.0 Å². The van der Waals surface area contributed by atoms with E-state index in [4.69, 9.17) is 4.74 Å². The number of non-ortho nitro benzene ring substituents is 1. The number of amides is 1. The number of nitro benzene ring substituents is 1. The van der Waals surface area contributed by atoms with Crippen LogP contribution in [0.5, 0.6) is 5.75 Å². The van der Waals surface area contributed by atoms with Gasteiger partial charge in [0.15, 0.2) is 0 Å². The molecule has 1 fully saturated rings. The molecule has 164 valence electrons. The SMILES string of the molecule is O=C(CCOc1ccccc1-c1ccccc1)N1CCN(c2ccc([N+](=O)[O-])cc2)CC1. The number of benzene rings is 3. The second-order valence-electron chi connectivity index (χ2n) is 7.60. The second kappa shape index (κ2) is 9.96. The summed E-state index contributed by atoms with van der Waals surface area (Å²) in [4.78, 5) is 27.1. The van der Waals surface area contributed by atoms with Crippen molar-refractivity contribution in [2.45, 2.75) is 6.42 Å². The van der Waals surface area contributed by atoms with E-state index in [0.29, 0.717) is 39.2 Å². The Balaban J connectivity index is 1.27. The molecule has 7 heteroatoms. The van der Waals surface area contributed by atoms with Crippen molar-refractivity contribution < 1.29 is 14.5 Å². The van der Waals surface area contributed by atoms with Gasteiger partial charge in [-0.25, -0.2) is 0 Å². The van der Waals surface area contributed by atoms with Crippen LogP contribution in [-0.2, 0) is 4.79 Å². The molecule has 3 aromatic carbocycles. The van der Waals surface area contributed by atoms with Gasteiger partial charge in [-0.3, -0.25) is 14.9 Å². The molecule has 4 rings (SSSR count). The second-order valence-corrected chi connectivity index (χ2v) is 7.60. The molecule has 1 aliphatic heterocycles. The molecule has 1 aliphatic rings. The van der Waals surface area contributed by atoms with Crippen molar-refractivity contribution in [2.24, 2.45) is 0 Å². The minimum atomic E-state index is -0.402. The average Bonchev–Trinajstić information content (AvgIpc) is 2.85. The van der Waals surface area contributed by atoms with E-state index < -0.39 is 4.92 Å². The van der Waals surface area contributed by atoms with E-state index in [2.05, 4.69) is 4.90 Å². The molecule has 0 spiro atoms. The van der Waals surface area contributed by atoms with Crippen LogP contribution in [0.25, 0.3) is 11.1 Å². The third kappa shape index (κ3) is 5.06. The van der Waals surface area contributed by atoms with Gasteiger partial charge in [0.05, 0.1) is 18.0 Å². The lowest BCUT2D eigenvalue weighted by molar-refractivity contribution is -0.384. The molecular formula is C25H25N3O4. The lowest BCUT2D eigenvalue weighted by atomic mass is 10.1. The van der Waals surface area contributed by atoms with E-state index in [9.17, 15) is 14.9 Å². The van der Waals surface area contributed by atoms with Crippen molar-refractivity contribution >= 4 is 17.3 Å². The molecule has 0 N–H and O–H groups in total. The number of nitrogens with zero attached hydrogens (tertiary/aromatic N) is 3. The van der Waals surface area contributed by atoms with Crippen molar-refractivity contribution in [3.8, 4) is 16.9 Å². The lowest BCUT2D eigenvalue weighted by Gasteiger charge is -2.36. The van der Waals surface area contributed by atoms with Crippen LogP contribution in [0, 0.1) is 10.1 Å². The minimum Gasteiger partial charge on any atom is -0.492 e. The van der Waals surface area contributed by atoms with E-state index in [1.165, 1.54) is 12.1 Å². The van der Waals surface area contributed by atoms with E-state index in [0.717, 1.165) is 22.6 Å². The molecular weight excluding hydrogens is 406 g/mol. The van der Waals surface area contributed by atoms with Crippen molar-refractivity contribution in [3.63, 3.8) is 0 Å². The smallest absolute Gasteiger partial charge is 0.269 e. The van der Waals surface area contributed by atoms with Gasteiger partial charge in [-0.1, -0.05) is 48.5 Å². The maximum absolute atomic E-state index is 12.7. The predicted molar refractivity (Wildman–Crippen MR) is 124 cm³/mol. The van der Waals surface area contributed by atoms with Crippen molar-refractivity contribution in [1.29, 1.82) is 0 Å². The molecule has 3 aromatic rings. The van der Waals surface area contributed by atoms with E-state index in [1.807, 2.05) is 59.5 Å². The highest BCUT2D eigenvalue weighted by atomic mass is 16.6. The number of carbonyl (C=O) groups excluding carboxylic acids is 1. The molecule has 0 saturated carbocycles. The Labute approximate surface area is 187 Å². The molecule has 0 aliphatic carbocycles. The maximum Gasteiger partial charge on any atom is 0.269 e. The Morgan fingerprint density at radius 3 is 2.22 bits per heavy atom. The van der Waals surface area contributed by atoms with Gasteiger partial charge in [0.2, 0.25) is 5.91 Å². The first-order valence-electron chi connectivity index (χ1n) is 10.7. The Hall–Kier alpha value is -3.87. The van der Waals surface area contributed by atoms with Crippen LogP contribution in [0.15, 0.2) is 78.9 Å². The van der Waals surface area contributed by atoms with Crippen LogP contribution >= 0.6 is 0 Å². The monoisotopic (exact) mass is 431 g/mol. The first-order valence-corrected chi connectivity index (χ1v) is 10.7. The summed E-state index contributed by atoms with van der Waals surface area (Å²) in [5, 5.41) is 10.8. The van der Waals surface area contributed by atoms with E-state index in [-0.39, 0.29) is 11.6 Å². The van der Waals surface area contributed by atoms with Crippen molar-refractivity contribution in [2.75, 3.05) is 37.7 Å². The van der Waals surface area contributed by atoms with Gasteiger partial charge in [-0.05, 0) is 23.8 Å². The van der Waals surface area contributed by atoms with Crippen LogP contribution in [0.1, 0.15) is 6.42 Å². The summed E-state index contributed by atoms with van der Waals surface area (Å²) in [6.45, 7) is 2.96. The summed E-state index contributed by atoms with van der Waals surface area (Å²) >= 11 is 0. The zero-order valence-electron chi connectivity index (χ0n) is 17.7.